The molecule has 0 atom stereocenters. The maximum absolute atomic E-state index is 12.2. The minimum absolute atomic E-state index is 0.205. The summed E-state index contributed by atoms with van der Waals surface area (Å²) >= 11 is 5.92. The van der Waals surface area contributed by atoms with Gasteiger partial charge in [0, 0.05) is 17.0 Å². The van der Waals surface area contributed by atoms with Crippen molar-refractivity contribution in [2.24, 2.45) is 0 Å². The molecule has 5 nitrogen and oxygen atoms in total. The fraction of sp³-hybridized carbons (Fsp3) is 0.111. The van der Waals surface area contributed by atoms with Gasteiger partial charge in [-0.15, -0.1) is 0 Å². The second kappa shape index (κ2) is 6.76. The van der Waals surface area contributed by atoms with E-state index in [1.165, 1.54) is 7.11 Å². The molecule has 3 aromatic rings. The number of methoxy groups -OCH3 is 1. The number of hydrogen-bond acceptors (Lipinski definition) is 4. The average molecular weight is 344 g/mol. The van der Waals surface area contributed by atoms with Crippen molar-refractivity contribution < 1.29 is 18.7 Å². The first kappa shape index (κ1) is 16.1. The maximum Gasteiger partial charge on any atom is 0.337 e. The molecule has 0 bridgehead atoms. The molecular weight excluding hydrogens is 330 g/mol. The van der Waals surface area contributed by atoms with Crippen molar-refractivity contribution in [1.82, 2.24) is 5.32 Å². The molecule has 6 heteroatoms. The molecular formula is C18H14ClNO4. The van der Waals surface area contributed by atoms with Gasteiger partial charge >= 0.3 is 5.97 Å². The van der Waals surface area contributed by atoms with E-state index in [-0.39, 0.29) is 18.2 Å². The Bertz CT molecular complexity index is 916. The molecule has 24 heavy (non-hydrogen) atoms. The smallest absolute Gasteiger partial charge is 0.337 e. The van der Waals surface area contributed by atoms with Gasteiger partial charge in [-0.3, -0.25) is 4.79 Å². The summed E-state index contributed by atoms with van der Waals surface area (Å²) in [4.78, 5) is 23.7. The Morgan fingerprint density at radius 2 is 2.00 bits per heavy atom. The Morgan fingerprint density at radius 3 is 2.79 bits per heavy atom. The van der Waals surface area contributed by atoms with Crippen LogP contribution in [0.25, 0.3) is 11.0 Å². The fourth-order valence-corrected chi connectivity index (χ4v) is 2.50. The SMILES string of the molecule is COC(=O)c1cccc(CNC(=O)c2cc3cc(Cl)ccc3o2)c1. The number of carbonyl (C=O) groups excluding carboxylic acids is 2. The van der Waals surface area contributed by atoms with Gasteiger partial charge < -0.3 is 14.5 Å². The molecule has 3 rings (SSSR count). The summed E-state index contributed by atoms with van der Waals surface area (Å²) in [7, 11) is 1.32. The number of furan rings is 1. The normalized spacial score (nSPS) is 10.6. The van der Waals surface area contributed by atoms with Crippen molar-refractivity contribution >= 4 is 34.4 Å². The molecule has 1 aromatic heterocycles. The Morgan fingerprint density at radius 1 is 1.17 bits per heavy atom. The first-order valence-corrected chi connectivity index (χ1v) is 7.59. The molecule has 1 amide bonds. The minimum atomic E-state index is -0.419. The largest absolute Gasteiger partial charge is 0.465 e. The summed E-state index contributed by atoms with van der Waals surface area (Å²) in [6.45, 7) is 0.265. The molecule has 2 aromatic carbocycles. The molecule has 1 N–H and O–H groups in total. The van der Waals surface area contributed by atoms with Gasteiger partial charge in [0.1, 0.15) is 5.58 Å². The highest BCUT2D eigenvalue weighted by Crippen LogP contribution is 2.23. The lowest BCUT2D eigenvalue weighted by molar-refractivity contribution is 0.0600. The first-order chi connectivity index (χ1) is 11.6. The molecule has 122 valence electrons. The molecule has 0 unspecified atom stereocenters. The van der Waals surface area contributed by atoms with Crippen molar-refractivity contribution in [3.63, 3.8) is 0 Å². The first-order valence-electron chi connectivity index (χ1n) is 7.21. The van der Waals surface area contributed by atoms with E-state index in [4.69, 9.17) is 16.0 Å². The molecule has 0 saturated heterocycles. The highest BCUT2D eigenvalue weighted by molar-refractivity contribution is 6.31. The summed E-state index contributed by atoms with van der Waals surface area (Å²) < 4.78 is 10.2. The molecule has 0 fully saturated rings. The number of ether oxygens (including phenoxy) is 1. The third kappa shape index (κ3) is 3.41. The number of nitrogens with one attached hydrogen (secondary N) is 1. The van der Waals surface area contributed by atoms with Crippen LogP contribution in [0.5, 0.6) is 0 Å². The number of hydrogen-bond donors (Lipinski definition) is 1. The zero-order valence-electron chi connectivity index (χ0n) is 12.8. The van der Waals surface area contributed by atoms with E-state index in [1.54, 1.807) is 42.5 Å². The van der Waals surface area contributed by atoms with Crippen LogP contribution in [0.1, 0.15) is 26.5 Å². The van der Waals surface area contributed by atoms with Crippen LogP contribution in [0.15, 0.2) is 52.9 Å². The van der Waals surface area contributed by atoms with Crippen molar-refractivity contribution in [2.75, 3.05) is 7.11 Å². The predicted octanol–water partition coefficient (Wildman–Crippen LogP) is 3.80. The molecule has 0 aliphatic carbocycles. The predicted molar refractivity (Wildman–Crippen MR) is 90.2 cm³/mol. The zero-order chi connectivity index (χ0) is 17.1. The van der Waals surface area contributed by atoms with Gasteiger partial charge in [-0.2, -0.15) is 0 Å². The van der Waals surface area contributed by atoms with E-state index in [0.717, 1.165) is 10.9 Å². The minimum Gasteiger partial charge on any atom is -0.465 e. The Kier molecular flexibility index (Phi) is 4.53. The van der Waals surface area contributed by atoms with Gasteiger partial charge in [-0.1, -0.05) is 23.7 Å². The van der Waals surface area contributed by atoms with Gasteiger partial charge in [0.25, 0.3) is 5.91 Å². The molecule has 1 heterocycles. The number of rotatable bonds is 4. The summed E-state index contributed by atoms with van der Waals surface area (Å²) in [5.74, 6) is -0.556. The van der Waals surface area contributed by atoms with Crippen molar-refractivity contribution in [2.45, 2.75) is 6.54 Å². The van der Waals surface area contributed by atoms with Gasteiger partial charge in [0.05, 0.1) is 12.7 Å². The van der Waals surface area contributed by atoms with Crippen LogP contribution in [0.2, 0.25) is 5.02 Å². The van der Waals surface area contributed by atoms with Crippen LogP contribution in [0, 0.1) is 0 Å². The van der Waals surface area contributed by atoms with Crippen LogP contribution >= 0.6 is 11.6 Å². The monoisotopic (exact) mass is 343 g/mol. The summed E-state index contributed by atoms with van der Waals surface area (Å²) in [6.07, 6.45) is 0. The highest BCUT2D eigenvalue weighted by atomic mass is 35.5. The number of esters is 1. The van der Waals surface area contributed by atoms with Crippen molar-refractivity contribution in [3.8, 4) is 0 Å². The van der Waals surface area contributed by atoms with Crippen LogP contribution in [-0.2, 0) is 11.3 Å². The standard InChI is InChI=1S/C18H14ClNO4/c1-23-18(22)12-4-2-3-11(7-12)10-20-17(21)16-9-13-8-14(19)5-6-15(13)24-16/h2-9H,10H2,1H3,(H,20,21). The van der Waals surface area contributed by atoms with Gasteiger partial charge in [0.15, 0.2) is 5.76 Å². The third-order valence-corrected chi connectivity index (χ3v) is 3.74. The number of halogens is 1. The molecule has 0 spiro atoms. The number of amides is 1. The summed E-state index contributed by atoms with van der Waals surface area (Å²) in [5.41, 5.74) is 1.81. The molecule has 0 saturated carbocycles. The van der Waals surface area contributed by atoms with Gasteiger partial charge in [-0.05, 0) is 42.0 Å². The topological polar surface area (TPSA) is 68.5 Å². The molecule has 0 aliphatic heterocycles. The molecule has 0 aliphatic rings. The second-order valence-electron chi connectivity index (χ2n) is 5.17. The zero-order valence-corrected chi connectivity index (χ0v) is 13.6. The van der Waals surface area contributed by atoms with E-state index in [0.29, 0.717) is 16.2 Å². The van der Waals surface area contributed by atoms with E-state index < -0.39 is 5.97 Å². The second-order valence-corrected chi connectivity index (χ2v) is 5.60. The van der Waals surface area contributed by atoms with Crippen molar-refractivity contribution in [1.29, 1.82) is 0 Å². The Labute approximate surface area is 143 Å². The number of fused-ring (bicyclic) bond motifs is 1. The van der Waals surface area contributed by atoms with Gasteiger partial charge in [-0.25, -0.2) is 4.79 Å². The van der Waals surface area contributed by atoms with Crippen LogP contribution < -0.4 is 5.32 Å². The lowest BCUT2D eigenvalue weighted by atomic mass is 10.1. The quantitative estimate of drug-likeness (QED) is 0.731. The summed E-state index contributed by atoms with van der Waals surface area (Å²) in [6, 6.07) is 13.7. The van der Waals surface area contributed by atoms with E-state index >= 15 is 0 Å². The fourth-order valence-electron chi connectivity index (χ4n) is 2.32. The van der Waals surface area contributed by atoms with Gasteiger partial charge in [0.2, 0.25) is 0 Å². The van der Waals surface area contributed by atoms with Crippen LogP contribution in [-0.4, -0.2) is 19.0 Å². The lowest BCUT2D eigenvalue weighted by Crippen LogP contribution is -2.22. The average Bonchev–Trinajstić information content (AvgIpc) is 3.02. The highest BCUT2D eigenvalue weighted by Gasteiger charge is 2.13. The number of benzene rings is 2. The molecule has 0 radical (unpaired) electrons. The van der Waals surface area contributed by atoms with E-state index in [9.17, 15) is 9.59 Å². The third-order valence-electron chi connectivity index (χ3n) is 3.50. The summed E-state index contributed by atoms with van der Waals surface area (Å²) in [5, 5.41) is 4.10. The van der Waals surface area contributed by atoms with E-state index in [2.05, 4.69) is 10.1 Å². The Balaban J connectivity index is 1.71. The van der Waals surface area contributed by atoms with Crippen LogP contribution in [0.3, 0.4) is 0 Å². The van der Waals surface area contributed by atoms with E-state index in [1.807, 2.05) is 6.07 Å². The van der Waals surface area contributed by atoms with Crippen LogP contribution in [0.4, 0.5) is 0 Å². The Hall–Kier alpha value is -2.79. The number of carbonyl (C=O) groups is 2. The maximum atomic E-state index is 12.2. The lowest BCUT2D eigenvalue weighted by Gasteiger charge is -2.05. The van der Waals surface area contributed by atoms with Crippen molar-refractivity contribution in [3.05, 3.63) is 70.4 Å².